The molecule has 6 rings (SSSR count). The Hall–Kier alpha value is -5.02. The molecule has 0 aliphatic carbocycles. The fourth-order valence-corrected chi connectivity index (χ4v) is 5.72. The standard InChI is InChI=1S/C35H33N3O6/c1-19-17-25-23(10-12-27(38-25)43-18-20-5-7-22(8-6-20)33(36)39)30(28(19)32(34(40)41)44-35(2,3)4)24-9-11-26-29-21(14-16-42-26)13-15-37-31(24)29/h5-13,15,17,32H,14,16,18H2,1-4H3,(H2,36,39)(H,40,41)/t32-/m0/s1. The van der Waals surface area contributed by atoms with Gasteiger partial charge in [-0.25, -0.2) is 9.78 Å². The Morgan fingerprint density at radius 3 is 2.55 bits per heavy atom. The van der Waals surface area contributed by atoms with Crippen molar-refractivity contribution in [2.45, 2.75) is 52.4 Å². The van der Waals surface area contributed by atoms with Gasteiger partial charge < -0.3 is 25.1 Å². The summed E-state index contributed by atoms with van der Waals surface area (Å²) in [5.41, 5.74) is 11.1. The number of nitrogens with two attached hydrogens (primary N) is 1. The molecule has 1 atom stereocenters. The monoisotopic (exact) mass is 591 g/mol. The third-order valence-corrected chi connectivity index (χ3v) is 7.64. The maximum Gasteiger partial charge on any atom is 0.337 e. The Morgan fingerprint density at radius 2 is 1.84 bits per heavy atom. The van der Waals surface area contributed by atoms with Crippen LogP contribution in [-0.2, 0) is 22.6 Å². The van der Waals surface area contributed by atoms with Crippen molar-refractivity contribution < 1.29 is 28.9 Å². The van der Waals surface area contributed by atoms with Crippen LogP contribution in [0.5, 0.6) is 11.6 Å². The predicted octanol–water partition coefficient (Wildman–Crippen LogP) is 6.31. The van der Waals surface area contributed by atoms with Gasteiger partial charge in [-0.05, 0) is 92.4 Å². The van der Waals surface area contributed by atoms with E-state index in [0.717, 1.165) is 45.1 Å². The van der Waals surface area contributed by atoms with Crippen LogP contribution in [0.1, 0.15) is 59.5 Å². The Morgan fingerprint density at radius 1 is 1.07 bits per heavy atom. The number of pyridine rings is 2. The maximum atomic E-state index is 12.8. The minimum absolute atomic E-state index is 0.237. The van der Waals surface area contributed by atoms with Crippen LogP contribution in [0.4, 0.5) is 0 Å². The highest BCUT2D eigenvalue weighted by Crippen LogP contribution is 2.45. The summed E-state index contributed by atoms with van der Waals surface area (Å²) in [5, 5.41) is 12.1. The molecule has 3 N–H and O–H groups in total. The number of carboxylic acids is 1. The molecular formula is C35H33N3O6. The normalized spacial score (nSPS) is 13.5. The number of amides is 1. The van der Waals surface area contributed by atoms with Gasteiger partial charge in [-0.1, -0.05) is 12.1 Å². The van der Waals surface area contributed by atoms with Crippen molar-refractivity contribution in [3.63, 3.8) is 0 Å². The Labute approximate surface area is 254 Å². The minimum atomic E-state index is -1.24. The van der Waals surface area contributed by atoms with Gasteiger partial charge in [0.25, 0.3) is 0 Å². The number of primary amides is 1. The molecule has 0 radical (unpaired) electrons. The molecule has 3 aromatic carbocycles. The molecule has 0 saturated carbocycles. The van der Waals surface area contributed by atoms with Gasteiger partial charge >= 0.3 is 5.97 Å². The number of benzene rings is 3. The van der Waals surface area contributed by atoms with Crippen molar-refractivity contribution in [3.05, 3.63) is 94.7 Å². The van der Waals surface area contributed by atoms with E-state index < -0.39 is 23.6 Å². The van der Waals surface area contributed by atoms with E-state index in [9.17, 15) is 14.7 Å². The highest BCUT2D eigenvalue weighted by Gasteiger charge is 2.33. The summed E-state index contributed by atoms with van der Waals surface area (Å²) < 4.78 is 18.2. The Kier molecular flexibility index (Phi) is 7.43. The number of hydrogen-bond acceptors (Lipinski definition) is 7. The molecule has 1 aliphatic heterocycles. The Balaban J connectivity index is 1.52. The highest BCUT2D eigenvalue weighted by atomic mass is 16.5. The quantitative estimate of drug-likeness (QED) is 0.214. The number of ether oxygens (including phenoxy) is 3. The van der Waals surface area contributed by atoms with Crippen molar-refractivity contribution in [2.75, 3.05) is 6.61 Å². The first-order chi connectivity index (χ1) is 21.0. The summed E-state index contributed by atoms with van der Waals surface area (Å²) in [4.78, 5) is 33.8. The fourth-order valence-electron chi connectivity index (χ4n) is 5.72. The smallest absolute Gasteiger partial charge is 0.337 e. The van der Waals surface area contributed by atoms with Crippen LogP contribution in [0.2, 0.25) is 0 Å². The van der Waals surface area contributed by atoms with Crippen LogP contribution in [0.15, 0.2) is 66.9 Å². The van der Waals surface area contributed by atoms with Gasteiger partial charge in [0, 0.05) is 46.1 Å². The lowest BCUT2D eigenvalue weighted by Gasteiger charge is -2.29. The molecule has 0 unspecified atom stereocenters. The SMILES string of the molecule is Cc1cc2nc(OCc3ccc(C(N)=O)cc3)ccc2c(-c2ccc3c4c(ccnc24)CCO3)c1[C@H](OC(C)(C)C)C(=O)O. The first kappa shape index (κ1) is 29.1. The van der Waals surface area contributed by atoms with E-state index in [4.69, 9.17) is 29.9 Å². The van der Waals surface area contributed by atoms with Crippen LogP contribution in [0, 0.1) is 6.92 Å². The first-order valence-electron chi connectivity index (χ1n) is 14.4. The molecule has 0 fully saturated rings. The van der Waals surface area contributed by atoms with Crippen molar-refractivity contribution in [1.82, 2.24) is 9.97 Å². The second kappa shape index (κ2) is 11.2. The molecule has 2 aromatic heterocycles. The van der Waals surface area contributed by atoms with Crippen LogP contribution < -0.4 is 15.2 Å². The van der Waals surface area contributed by atoms with E-state index in [1.54, 1.807) is 36.5 Å². The fraction of sp³-hybridized carbons (Fsp3) is 0.257. The van der Waals surface area contributed by atoms with Crippen molar-refractivity contribution in [3.8, 4) is 22.8 Å². The number of rotatable bonds is 8. The molecule has 0 bridgehead atoms. The third kappa shape index (κ3) is 5.54. The van der Waals surface area contributed by atoms with E-state index in [2.05, 4.69) is 0 Å². The lowest BCUT2D eigenvalue weighted by molar-refractivity contribution is -0.160. The third-order valence-electron chi connectivity index (χ3n) is 7.64. The maximum absolute atomic E-state index is 12.8. The molecule has 5 aromatic rings. The van der Waals surface area contributed by atoms with Gasteiger partial charge in [-0.2, -0.15) is 0 Å². The van der Waals surface area contributed by atoms with Gasteiger partial charge in [-0.3, -0.25) is 9.78 Å². The molecule has 3 heterocycles. The van der Waals surface area contributed by atoms with E-state index in [1.165, 1.54) is 0 Å². The Bertz CT molecular complexity index is 1920. The number of carbonyl (C=O) groups excluding carboxylic acids is 1. The van der Waals surface area contributed by atoms with Gasteiger partial charge in [0.15, 0.2) is 6.10 Å². The largest absolute Gasteiger partial charge is 0.493 e. The topological polar surface area (TPSA) is 134 Å². The van der Waals surface area contributed by atoms with Crippen molar-refractivity contribution >= 4 is 33.7 Å². The number of aryl methyl sites for hydroxylation is 1. The van der Waals surface area contributed by atoms with Crippen LogP contribution >= 0.6 is 0 Å². The molecule has 9 heteroatoms. The minimum Gasteiger partial charge on any atom is -0.493 e. The number of carbonyl (C=O) groups is 2. The van der Waals surface area contributed by atoms with Gasteiger partial charge in [-0.15, -0.1) is 0 Å². The number of aliphatic carboxylic acids is 1. The average molecular weight is 592 g/mol. The summed E-state index contributed by atoms with van der Waals surface area (Å²) in [6.45, 7) is 8.22. The zero-order valence-corrected chi connectivity index (χ0v) is 25.0. The second-order valence-corrected chi connectivity index (χ2v) is 11.9. The second-order valence-electron chi connectivity index (χ2n) is 11.9. The van der Waals surface area contributed by atoms with Crippen LogP contribution in [-0.4, -0.2) is 39.2 Å². The first-order valence-corrected chi connectivity index (χ1v) is 14.4. The van der Waals surface area contributed by atoms with Crippen molar-refractivity contribution in [1.29, 1.82) is 0 Å². The van der Waals surface area contributed by atoms with Crippen LogP contribution in [0.25, 0.3) is 32.9 Å². The number of carboxylic acid groups (broad SMARTS) is 1. The van der Waals surface area contributed by atoms with Gasteiger partial charge in [0.2, 0.25) is 11.8 Å². The number of fused-ring (bicyclic) bond motifs is 1. The zero-order valence-electron chi connectivity index (χ0n) is 25.0. The van der Waals surface area contributed by atoms with Crippen LogP contribution in [0.3, 0.4) is 0 Å². The van der Waals surface area contributed by atoms with E-state index in [1.807, 2.05) is 58.0 Å². The van der Waals surface area contributed by atoms with E-state index in [-0.39, 0.29) is 6.61 Å². The molecule has 0 spiro atoms. The van der Waals surface area contributed by atoms with Gasteiger partial charge in [0.05, 0.1) is 23.2 Å². The molecule has 1 amide bonds. The number of hydrogen-bond donors (Lipinski definition) is 2. The highest BCUT2D eigenvalue weighted by molar-refractivity contribution is 6.08. The number of aromatic nitrogens is 2. The number of nitrogens with zero attached hydrogens (tertiary/aromatic N) is 2. The molecule has 9 nitrogen and oxygen atoms in total. The molecular weight excluding hydrogens is 558 g/mol. The molecule has 224 valence electrons. The summed E-state index contributed by atoms with van der Waals surface area (Å²) in [5.74, 6) is -0.414. The zero-order chi connectivity index (χ0) is 31.2. The predicted molar refractivity (Wildman–Crippen MR) is 167 cm³/mol. The molecule has 1 aliphatic rings. The summed E-state index contributed by atoms with van der Waals surface area (Å²) in [6, 6.07) is 18.3. The van der Waals surface area contributed by atoms with Crippen molar-refractivity contribution in [2.24, 2.45) is 5.73 Å². The lowest BCUT2D eigenvalue weighted by Crippen LogP contribution is -2.28. The summed E-state index contributed by atoms with van der Waals surface area (Å²) in [7, 11) is 0. The average Bonchev–Trinajstić information content (AvgIpc) is 2.98. The van der Waals surface area contributed by atoms with Gasteiger partial charge in [0.1, 0.15) is 12.4 Å². The molecule has 44 heavy (non-hydrogen) atoms. The van der Waals surface area contributed by atoms with E-state index >= 15 is 0 Å². The van der Waals surface area contributed by atoms with E-state index in [0.29, 0.717) is 40.3 Å². The lowest BCUT2D eigenvalue weighted by atomic mass is 9.86. The summed E-state index contributed by atoms with van der Waals surface area (Å²) >= 11 is 0. The summed E-state index contributed by atoms with van der Waals surface area (Å²) in [6.07, 6.45) is 1.31. The molecule has 0 saturated heterocycles.